The molecule has 0 aliphatic carbocycles. The molecule has 0 atom stereocenters. The number of amides is 1. The molecule has 1 fully saturated rings. The zero-order chi connectivity index (χ0) is 13.0. The van der Waals surface area contributed by atoms with Crippen LogP contribution in [-0.4, -0.2) is 24.5 Å². The SMILES string of the molecule is Cc1cccc(CC(=O)NC2(C)CCNCC2)c1. The van der Waals surface area contributed by atoms with Crippen LogP contribution in [0.3, 0.4) is 0 Å². The maximum absolute atomic E-state index is 12.1. The number of piperidine rings is 1. The number of hydrogen-bond acceptors (Lipinski definition) is 2. The minimum absolute atomic E-state index is 0.0356. The van der Waals surface area contributed by atoms with Crippen LogP contribution in [0.5, 0.6) is 0 Å². The second-order valence-electron chi connectivity index (χ2n) is 5.52. The van der Waals surface area contributed by atoms with Crippen molar-refractivity contribution in [2.45, 2.75) is 38.6 Å². The Morgan fingerprint density at radius 2 is 2.11 bits per heavy atom. The summed E-state index contributed by atoms with van der Waals surface area (Å²) >= 11 is 0. The van der Waals surface area contributed by atoms with Gasteiger partial charge in [0.05, 0.1) is 6.42 Å². The van der Waals surface area contributed by atoms with Crippen molar-refractivity contribution in [3.05, 3.63) is 35.4 Å². The molecule has 2 N–H and O–H groups in total. The number of benzene rings is 1. The molecule has 1 amide bonds. The van der Waals surface area contributed by atoms with Crippen molar-refractivity contribution in [1.29, 1.82) is 0 Å². The molecule has 2 rings (SSSR count). The number of hydrogen-bond donors (Lipinski definition) is 2. The van der Waals surface area contributed by atoms with Crippen LogP contribution >= 0.6 is 0 Å². The first-order valence-electron chi connectivity index (χ1n) is 6.65. The first-order valence-corrected chi connectivity index (χ1v) is 6.65. The molecule has 1 aliphatic heterocycles. The summed E-state index contributed by atoms with van der Waals surface area (Å²) in [7, 11) is 0. The van der Waals surface area contributed by atoms with Gasteiger partial charge in [0.15, 0.2) is 0 Å². The number of carbonyl (C=O) groups is 1. The predicted molar refractivity (Wildman–Crippen MR) is 73.5 cm³/mol. The van der Waals surface area contributed by atoms with E-state index < -0.39 is 0 Å². The summed E-state index contributed by atoms with van der Waals surface area (Å²) in [5.41, 5.74) is 2.25. The first-order chi connectivity index (χ1) is 8.57. The molecule has 1 saturated heterocycles. The standard InChI is InChI=1S/C15H22N2O/c1-12-4-3-5-13(10-12)11-14(18)17-15(2)6-8-16-9-7-15/h3-5,10,16H,6-9,11H2,1-2H3,(H,17,18). The summed E-state index contributed by atoms with van der Waals surface area (Å²) in [5, 5.41) is 6.50. The molecule has 98 valence electrons. The van der Waals surface area contributed by atoms with E-state index in [0.717, 1.165) is 31.5 Å². The van der Waals surface area contributed by atoms with E-state index in [9.17, 15) is 4.79 Å². The molecule has 0 bridgehead atoms. The lowest BCUT2D eigenvalue weighted by molar-refractivity contribution is -0.122. The van der Waals surface area contributed by atoms with Gasteiger partial charge in [-0.3, -0.25) is 4.79 Å². The van der Waals surface area contributed by atoms with E-state index in [1.807, 2.05) is 12.1 Å². The Bertz CT molecular complexity index is 422. The van der Waals surface area contributed by atoms with Gasteiger partial charge in [0.2, 0.25) is 5.91 Å². The molecule has 0 aromatic heterocycles. The highest BCUT2D eigenvalue weighted by molar-refractivity contribution is 5.79. The Morgan fingerprint density at radius 1 is 1.39 bits per heavy atom. The maximum atomic E-state index is 12.1. The Hall–Kier alpha value is -1.35. The zero-order valence-electron chi connectivity index (χ0n) is 11.3. The highest BCUT2D eigenvalue weighted by Gasteiger charge is 2.27. The van der Waals surface area contributed by atoms with Crippen LogP contribution in [0.15, 0.2) is 24.3 Å². The summed E-state index contributed by atoms with van der Waals surface area (Å²) in [5.74, 6) is 0.130. The molecule has 1 aliphatic rings. The van der Waals surface area contributed by atoms with Crippen molar-refractivity contribution >= 4 is 5.91 Å². The molecule has 3 heteroatoms. The van der Waals surface area contributed by atoms with Gasteiger partial charge in [-0.1, -0.05) is 29.8 Å². The average molecular weight is 246 g/mol. The molecule has 3 nitrogen and oxygen atoms in total. The third-order valence-corrected chi connectivity index (χ3v) is 3.60. The minimum Gasteiger partial charge on any atom is -0.351 e. The van der Waals surface area contributed by atoms with Crippen molar-refractivity contribution < 1.29 is 4.79 Å². The molecule has 0 unspecified atom stereocenters. The van der Waals surface area contributed by atoms with E-state index in [4.69, 9.17) is 0 Å². The summed E-state index contributed by atoms with van der Waals surface area (Å²) in [6.45, 7) is 6.17. The number of rotatable bonds is 3. The van der Waals surface area contributed by atoms with Crippen LogP contribution in [0.4, 0.5) is 0 Å². The van der Waals surface area contributed by atoms with Gasteiger partial charge in [0.25, 0.3) is 0 Å². The van der Waals surface area contributed by atoms with E-state index in [1.165, 1.54) is 5.56 Å². The Kier molecular flexibility index (Phi) is 4.02. The Balaban J connectivity index is 1.92. The van der Waals surface area contributed by atoms with Gasteiger partial charge in [0, 0.05) is 5.54 Å². The number of nitrogens with one attached hydrogen (secondary N) is 2. The maximum Gasteiger partial charge on any atom is 0.224 e. The molecule has 1 aromatic carbocycles. The summed E-state index contributed by atoms with van der Waals surface area (Å²) in [4.78, 5) is 12.1. The largest absolute Gasteiger partial charge is 0.351 e. The predicted octanol–water partition coefficient (Wildman–Crippen LogP) is 1.80. The minimum atomic E-state index is -0.0356. The fourth-order valence-electron chi connectivity index (χ4n) is 2.49. The zero-order valence-corrected chi connectivity index (χ0v) is 11.3. The van der Waals surface area contributed by atoms with Gasteiger partial charge < -0.3 is 10.6 Å². The lowest BCUT2D eigenvalue weighted by Crippen LogP contribution is -2.52. The van der Waals surface area contributed by atoms with Crippen LogP contribution in [0, 0.1) is 6.92 Å². The van der Waals surface area contributed by atoms with E-state index in [1.54, 1.807) is 0 Å². The fraction of sp³-hybridized carbons (Fsp3) is 0.533. The van der Waals surface area contributed by atoms with Crippen molar-refractivity contribution in [2.24, 2.45) is 0 Å². The van der Waals surface area contributed by atoms with Crippen LogP contribution in [0.1, 0.15) is 30.9 Å². The molecule has 1 heterocycles. The van der Waals surface area contributed by atoms with E-state index in [2.05, 4.69) is 36.6 Å². The third-order valence-electron chi connectivity index (χ3n) is 3.60. The van der Waals surface area contributed by atoms with Crippen molar-refractivity contribution in [1.82, 2.24) is 10.6 Å². The average Bonchev–Trinajstić information content (AvgIpc) is 2.28. The van der Waals surface area contributed by atoms with E-state index >= 15 is 0 Å². The van der Waals surface area contributed by atoms with Gasteiger partial charge in [-0.25, -0.2) is 0 Å². The first kappa shape index (κ1) is 13.1. The molecule has 0 saturated carbocycles. The number of aryl methyl sites for hydroxylation is 1. The van der Waals surface area contributed by atoms with E-state index in [-0.39, 0.29) is 11.4 Å². The second-order valence-corrected chi connectivity index (χ2v) is 5.52. The van der Waals surface area contributed by atoms with Gasteiger partial charge in [0.1, 0.15) is 0 Å². The number of carbonyl (C=O) groups excluding carboxylic acids is 1. The molecular weight excluding hydrogens is 224 g/mol. The monoisotopic (exact) mass is 246 g/mol. The van der Waals surface area contributed by atoms with Crippen molar-refractivity contribution in [3.63, 3.8) is 0 Å². The summed E-state index contributed by atoms with van der Waals surface area (Å²) < 4.78 is 0. The van der Waals surface area contributed by atoms with E-state index in [0.29, 0.717) is 6.42 Å². The van der Waals surface area contributed by atoms with Gasteiger partial charge in [-0.15, -0.1) is 0 Å². The summed E-state index contributed by atoms with van der Waals surface area (Å²) in [6.07, 6.45) is 2.49. The highest BCUT2D eigenvalue weighted by atomic mass is 16.1. The van der Waals surface area contributed by atoms with Crippen LogP contribution < -0.4 is 10.6 Å². The van der Waals surface area contributed by atoms with Crippen molar-refractivity contribution in [3.8, 4) is 0 Å². The normalized spacial score (nSPS) is 18.3. The van der Waals surface area contributed by atoms with Gasteiger partial charge in [-0.05, 0) is 45.3 Å². The summed E-state index contributed by atoms with van der Waals surface area (Å²) in [6, 6.07) is 8.14. The molecule has 0 radical (unpaired) electrons. The lowest BCUT2D eigenvalue weighted by Gasteiger charge is -2.35. The molecule has 0 spiro atoms. The molecule has 18 heavy (non-hydrogen) atoms. The molecule has 1 aromatic rings. The van der Waals surface area contributed by atoms with Crippen LogP contribution in [0.2, 0.25) is 0 Å². The van der Waals surface area contributed by atoms with Crippen LogP contribution in [-0.2, 0) is 11.2 Å². The smallest absolute Gasteiger partial charge is 0.224 e. The van der Waals surface area contributed by atoms with Gasteiger partial charge >= 0.3 is 0 Å². The fourth-order valence-corrected chi connectivity index (χ4v) is 2.49. The third kappa shape index (κ3) is 3.57. The molecular formula is C15H22N2O. The van der Waals surface area contributed by atoms with Crippen molar-refractivity contribution in [2.75, 3.05) is 13.1 Å². The Morgan fingerprint density at radius 3 is 2.78 bits per heavy atom. The topological polar surface area (TPSA) is 41.1 Å². The van der Waals surface area contributed by atoms with Gasteiger partial charge in [-0.2, -0.15) is 0 Å². The Labute approximate surface area is 109 Å². The lowest BCUT2D eigenvalue weighted by atomic mass is 9.90. The highest BCUT2D eigenvalue weighted by Crippen LogP contribution is 2.17. The van der Waals surface area contributed by atoms with Crippen LogP contribution in [0.25, 0.3) is 0 Å². The quantitative estimate of drug-likeness (QED) is 0.854. The second kappa shape index (κ2) is 5.53.